The third-order valence-corrected chi connectivity index (χ3v) is 4.33. The van der Waals surface area contributed by atoms with Crippen LogP contribution in [0.3, 0.4) is 0 Å². The Morgan fingerprint density at radius 1 is 1.17 bits per heavy atom. The van der Waals surface area contributed by atoms with E-state index in [1.807, 2.05) is 0 Å². The van der Waals surface area contributed by atoms with E-state index in [9.17, 15) is 4.79 Å². The average molecular weight is 277 g/mol. The van der Waals surface area contributed by atoms with Gasteiger partial charge in [0.05, 0.1) is 6.54 Å². The number of amides is 1. The molecule has 0 bridgehead atoms. The molecule has 1 saturated carbocycles. The van der Waals surface area contributed by atoms with Crippen molar-refractivity contribution in [3.8, 4) is 0 Å². The zero-order chi connectivity index (χ0) is 12.7. The van der Waals surface area contributed by atoms with E-state index in [0.29, 0.717) is 12.0 Å². The van der Waals surface area contributed by atoms with E-state index in [1.54, 1.807) is 0 Å². The quantitative estimate of drug-likeness (QED) is 0.680. The van der Waals surface area contributed by atoms with Crippen molar-refractivity contribution in [2.45, 2.75) is 52.9 Å². The molecule has 0 saturated heterocycles. The van der Waals surface area contributed by atoms with Crippen LogP contribution in [0.4, 0.5) is 0 Å². The minimum atomic E-state index is 0. The molecule has 0 aromatic rings. The van der Waals surface area contributed by atoms with Crippen LogP contribution in [0, 0.1) is 11.3 Å². The molecule has 0 radical (unpaired) electrons. The zero-order valence-corrected chi connectivity index (χ0v) is 12.9. The van der Waals surface area contributed by atoms with Gasteiger partial charge in [-0.1, -0.05) is 20.8 Å². The monoisotopic (exact) mass is 276 g/mol. The summed E-state index contributed by atoms with van der Waals surface area (Å²) in [4.78, 5) is 11.7. The number of carbonyl (C=O) groups excluding carboxylic acids is 1. The minimum absolute atomic E-state index is 0. The fourth-order valence-electron chi connectivity index (χ4n) is 2.19. The third-order valence-electron chi connectivity index (χ3n) is 4.33. The summed E-state index contributed by atoms with van der Waals surface area (Å²) < 4.78 is 0. The van der Waals surface area contributed by atoms with Gasteiger partial charge in [0.1, 0.15) is 0 Å². The summed E-state index contributed by atoms with van der Waals surface area (Å²) in [6.07, 6.45) is 6.07. The fourth-order valence-corrected chi connectivity index (χ4v) is 2.19. The second kappa shape index (κ2) is 8.76. The molecule has 0 atom stereocenters. The lowest BCUT2D eigenvalue weighted by molar-refractivity contribution is -0.120. The molecular formula is C14H29ClN2O. The highest BCUT2D eigenvalue weighted by molar-refractivity contribution is 5.85. The molecular weight excluding hydrogens is 248 g/mol. The lowest BCUT2D eigenvalue weighted by Gasteiger charge is -2.30. The second-order valence-corrected chi connectivity index (χ2v) is 5.41. The lowest BCUT2D eigenvalue weighted by atomic mass is 9.80. The molecule has 0 aromatic carbocycles. The highest BCUT2D eigenvalue weighted by Crippen LogP contribution is 2.29. The number of halogens is 1. The van der Waals surface area contributed by atoms with Crippen LogP contribution < -0.4 is 10.6 Å². The Morgan fingerprint density at radius 2 is 1.72 bits per heavy atom. The molecule has 108 valence electrons. The first-order valence-corrected chi connectivity index (χ1v) is 7.13. The van der Waals surface area contributed by atoms with Crippen molar-refractivity contribution in [1.29, 1.82) is 0 Å². The van der Waals surface area contributed by atoms with Gasteiger partial charge in [-0.05, 0) is 50.0 Å². The van der Waals surface area contributed by atoms with Crippen molar-refractivity contribution in [3.63, 3.8) is 0 Å². The van der Waals surface area contributed by atoms with Gasteiger partial charge < -0.3 is 10.6 Å². The smallest absolute Gasteiger partial charge is 0.233 e. The maximum atomic E-state index is 11.7. The van der Waals surface area contributed by atoms with Gasteiger partial charge in [-0.25, -0.2) is 0 Å². The Labute approximate surface area is 118 Å². The van der Waals surface area contributed by atoms with Crippen LogP contribution in [0.15, 0.2) is 0 Å². The van der Waals surface area contributed by atoms with E-state index in [2.05, 4.69) is 31.4 Å². The molecule has 2 N–H and O–H groups in total. The standard InChI is InChI=1S/C14H28N2O.ClH/c1-4-14(5-2,6-3)11-16-13(17)10-15-9-12-7-8-12;/h12,15H,4-11H2,1-3H3,(H,16,17);1H. The molecule has 1 fully saturated rings. The van der Waals surface area contributed by atoms with Crippen LogP contribution in [0.5, 0.6) is 0 Å². The van der Waals surface area contributed by atoms with Crippen molar-refractivity contribution in [1.82, 2.24) is 10.6 Å². The normalized spacial score (nSPS) is 15.1. The van der Waals surface area contributed by atoms with Crippen LogP contribution in [0.1, 0.15) is 52.9 Å². The summed E-state index contributed by atoms with van der Waals surface area (Å²) >= 11 is 0. The van der Waals surface area contributed by atoms with Gasteiger partial charge in [0, 0.05) is 6.54 Å². The molecule has 0 aliphatic heterocycles. The van der Waals surface area contributed by atoms with Crippen LogP contribution in [-0.2, 0) is 4.79 Å². The summed E-state index contributed by atoms with van der Waals surface area (Å²) in [5.74, 6) is 0.981. The van der Waals surface area contributed by atoms with Gasteiger partial charge in [-0.3, -0.25) is 4.79 Å². The van der Waals surface area contributed by atoms with Crippen LogP contribution >= 0.6 is 12.4 Å². The summed E-state index contributed by atoms with van der Waals surface area (Å²) in [7, 11) is 0. The van der Waals surface area contributed by atoms with Crippen molar-refractivity contribution in [2.75, 3.05) is 19.6 Å². The van der Waals surface area contributed by atoms with E-state index < -0.39 is 0 Å². The van der Waals surface area contributed by atoms with Crippen molar-refractivity contribution in [2.24, 2.45) is 11.3 Å². The molecule has 4 heteroatoms. The van der Waals surface area contributed by atoms with E-state index in [1.165, 1.54) is 12.8 Å². The SMILES string of the molecule is CCC(CC)(CC)CNC(=O)CNCC1CC1.Cl. The number of carbonyl (C=O) groups is 1. The van der Waals surface area contributed by atoms with E-state index in [-0.39, 0.29) is 18.3 Å². The van der Waals surface area contributed by atoms with E-state index in [0.717, 1.165) is 38.3 Å². The molecule has 0 spiro atoms. The van der Waals surface area contributed by atoms with E-state index >= 15 is 0 Å². The van der Waals surface area contributed by atoms with Crippen molar-refractivity contribution < 1.29 is 4.79 Å². The molecule has 1 rings (SSSR count). The largest absolute Gasteiger partial charge is 0.354 e. The Balaban J connectivity index is 0.00000289. The highest BCUT2D eigenvalue weighted by atomic mass is 35.5. The lowest BCUT2D eigenvalue weighted by Crippen LogP contribution is -2.41. The maximum Gasteiger partial charge on any atom is 0.233 e. The topological polar surface area (TPSA) is 41.1 Å². The van der Waals surface area contributed by atoms with Gasteiger partial charge in [-0.2, -0.15) is 0 Å². The van der Waals surface area contributed by atoms with Gasteiger partial charge in [0.15, 0.2) is 0 Å². The van der Waals surface area contributed by atoms with Gasteiger partial charge >= 0.3 is 0 Å². The summed E-state index contributed by atoms with van der Waals surface area (Å²) in [6.45, 7) is 8.94. The Hall–Kier alpha value is -0.280. The second-order valence-electron chi connectivity index (χ2n) is 5.41. The molecule has 0 unspecified atom stereocenters. The Kier molecular flexibility index (Phi) is 8.62. The molecule has 18 heavy (non-hydrogen) atoms. The third kappa shape index (κ3) is 6.05. The summed E-state index contributed by atoms with van der Waals surface area (Å²) in [6, 6.07) is 0. The fraction of sp³-hybridized carbons (Fsp3) is 0.929. The molecule has 3 nitrogen and oxygen atoms in total. The van der Waals surface area contributed by atoms with Gasteiger partial charge in [-0.15, -0.1) is 12.4 Å². The number of hydrogen-bond donors (Lipinski definition) is 2. The predicted octanol–water partition coefficient (Wildman–Crippen LogP) is 2.74. The molecule has 1 amide bonds. The predicted molar refractivity (Wildman–Crippen MR) is 79.2 cm³/mol. The van der Waals surface area contributed by atoms with Gasteiger partial charge in [0.2, 0.25) is 5.91 Å². The van der Waals surface area contributed by atoms with Crippen LogP contribution in [0.25, 0.3) is 0 Å². The summed E-state index contributed by atoms with van der Waals surface area (Å²) in [5, 5.41) is 6.29. The van der Waals surface area contributed by atoms with Gasteiger partial charge in [0.25, 0.3) is 0 Å². The number of hydrogen-bond acceptors (Lipinski definition) is 2. The first-order chi connectivity index (χ1) is 8.15. The summed E-state index contributed by atoms with van der Waals surface area (Å²) in [5.41, 5.74) is 0.298. The van der Waals surface area contributed by atoms with E-state index in [4.69, 9.17) is 0 Å². The van der Waals surface area contributed by atoms with Crippen LogP contribution in [0.2, 0.25) is 0 Å². The van der Waals surface area contributed by atoms with Crippen molar-refractivity contribution >= 4 is 18.3 Å². The Morgan fingerprint density at radius 3 is 2.17 bits per heavy atom. The average Bonchev–Trinajstić information content (AvgIpc) is 3.16. The zero-order valence-electron chi connectivity index (χ0n) is 12.1. The Bertz CT molecular complexity index is 230. The number of nitrogens with one attached hydrogen (secondary N) is 2. The van der Waals surface area contributed by atoms with Crippen molar-refractivity contribution in [3.05, 3.63) is 0 Å². The molecule has 0 heterocycles. The number of rotatable bonds is 9. The minimum Gasteiger partial charge on any atom is -0.354 e. The molecule has 1 aliphatic rings. The van der Waals surface area contributed by atoms with Crippen LogP contribution in [-0.4, -0.2) is 25.5 Å². The highest BCUT2D eigenvalue weighted by Gasteiger charge is 2.24. The first kappa shape index (κ1) is 17.7. The first-order valence-electron chi connectivity index (χ1n) is 7.13. The molecule has 1 aliphatic carbocycles. The maximum absolute atomic E-state index is 11.7. The molecule has 0 aromatic heterocycles.